The number of hydrogen-bond donors (Lipinski definition) is 1. The Bertz CT molecular complexity index is 307. The van der Waals surface area contributed by atoms with E-state index in [1.54, 1.807) is 0 Å². The van der Waals surface area contributed by atoms with Crippen LogP contribution in [0.1, 0.15) is 20.9 Å². The van der Waals surface area contributed by atoms with E-state index in [9.17, 15) is 0 Å². The van der Waals surface area contributed by atoms with Crippen LogP contribution in [0.4, 0.5) is 0 Å². The highest BCUT2D eigenvalue weighted by atomic mass is 32.1. The van der Waals surface area contributed by atoms with Crippen molar-refractivity contribution in [2.45, 2.75) is 20.4 Å². The van der Waals surface area contributed by atoms with Crippen LogP contribution in [0.5, 0.6) is 0 Å². The fourth-order valence-electron chi connectivity index (χ4n) is 0.957. The minimum atomic E-state index is 0.541. The lowest BCUT2D eigenvalue weighted by molar-refractivity contribution is 1.08. The van der Waals surface area contributed by atoms with Gasteiger partial charge in [-0.3, -0.25) is 0 Å². The zero-order valence-corrected chi connectivity index (χ0v) is 7.46. The number of nitrogens with zero attached hydrogens (tertiary/aromatic N) is 1. The highest BCUT2D eigenvalue weighted by Gasteiger charge is 2.08. The van der Waals surface area contributed by atoms with Gasteiger partial charge in [-0.05, 0) is 25.0 Å². The smallest absolute Gasteiger partial charge is 0.110 e. The minimum absolute atomic E-state index is 0.541. The van der Waals surface area contributed by atoms with Gasteiger partial charge in [0, 0.05) is 11.4 Å². The molecule has 0 spiro atoms. The highest BCUT2D eigenvalue weighted by molar-refractivity contribution is 7.12. The molecule has 0 bridgehead atoms. The molecule has 0 saturated heterocycles. The van der Waals surface area contributed by atoms with Crippen molar-refractivity contribution in [1.29, 1.82) is 5.26 Å². The van der Waals surface area contributed by atoms with E-state index in [2.05, 4.69) is 6.07 Å². The second kappa shape index (κ2) is 3.04. The number of hydrogen-bond acceptors (Lipinski definition) is 3. The number of thiophene rings is 1. The maximum absolute atomic E-state index is 8.67. The normalized spacial score (nSPS) is 9.64. The van der Waals surface area contributed by atoms with Gasteiger partial charge in [-0.25, -0.2) is 0 Å². The van der Waals surface area contributed by atoms with Gasteiger partial charge >= 0.3 is 0 Å². The maximum atomic E-state index is 8.67. The highest BCUT2D eigenvalue weighted by Crippen LogP contribution is 2.25. The van der Waals surface area contributed by atoms with Crippen molar-refractivity contribution >= 4 is 11.3 Å². The van der Waals surface area contributed by atoms with Crippen molar-refractivity contribution in [3.8, 4) is 6.07 Å². The number of rotatable bonds is 1. The summed E-state index contributed by atoms with van der Waals surface area (Å²) in [4.78, 5) is 1.92. The van der Waals surface area contributed by atoms with Crippen molar-refractivity contribution in [3.63, 3.8) is 0 Å². The van der Waals surface area contributed by atoms with Gasteiger partial charge in [-0.1, -0.05) is 0 Å². The monoisotopic (exact) mass is 166 g/mol. The lowest BCUT2D eigenvalue weighted by Gasteiger charge is -1.91. The van der Waals surface area contributed by atoms with Crippen molar-refractivity contribution in [3.05, 3.63) is 20.9 Å². The molecule has 58 valence electrons. The Labute approximate surface area is 70.3 Å². The lowest BCUT2D eigenvalue weighted by atomic mass is 10.1. The van der Waals surface area contributed by atoms with E-state index in [0.29, 0.717) is 6.54 Å². The predicted molar refractivity (Wildman–Crippen MR) is 46.4 cm³/mol. The summed E-state index contributed by atoms with van der Waals surface area (Å²) in [5, 5.41) is 8.67. The summed E-state index contributed by atoms with van der Waals surface area (Å²) in [7, 11) is 0. The third-order valence-electron chi connectivity index (χ3n) is 1.83. The van der Waals surface area contributed by atoms with E-state index >= 15 is 0 Å². The zero-order chi connectivity index (χ0) is 8.43. The summed E-state index contributed by atoms with van der Waals surface area (Å²) >= 11 is 1.50. The second-order valence-corrected chi connectivity index (χ2v) is 3.53. The quantitative estimate of drug-likeness (QED) is 0.690. The molecule has 0 radical (unpaired) electrons. The van der Waals surface area contributed by atoms with Crippen LogP contribution >= 0.6 is 11.3 Å². The van der Waals surface area contributed by atoms with Crippen molar-refractivity contribution in [2.75, 3.05) is 0 Å². The van der Waals surface area contributed by atoms with Crippen LogP contribution < -0.4 is 5.73 Å². The molecule has 0 fully saturated rings. The van der Waals surface area contributed by atoms with Gasteiger partial charge < -0.3 is 5.73 Å². The third kappa shape index (κ3) is 1.28. The van der Waals surface area contributed by atoms with Gasteiger partial charge in [-0.15, -0.1) is 11.3 Å². The zero-order valence-electron chi connectivity index (χ0n) is 6.64. The molecule has 0 aliphatic heterocycles. The maximum Gasteiger partial charge on any atom is 0.110 e. The van der Waals surface area contributed by atoms with Gasteiger partial charge in [0.2, 0.25) is 0 Å². The Balaban J connectivity index is 3.26. The SMILES string of the molecule is Cc1c(C#N)sc(CN)c1C. The summed E-state index contributed by atoms with van der Waals surface area (Å²) in [6.07, 6.45) is 0. The number of nitriles is 1. The molecular weight excluding hydrogens is 156 g/mol. The molecule has 3 heteroatoms. The molecule has 0 aliphatic carbocycles. The van der Waals surface area contributed by atoms with E-state index in [4.69, 9.17) is 11.0 Å². The first-order valence-corrected chi connectivity index (χ1v) is 4.21. The average molecular weight is 166 g/mol. The molecule has 0 atom stereocenters. The van der Waals surface area contributed by atoms with Gasteiger partial charge in [0.1, 0.15) is 10.9 Å². The second-order valence-electron chi connectivity index (χ2n) is 2.42. The summed E-state index contributed by atoms with van der Waals surface area (Å²) < 4.78 is 0. The van der Waals surface area contributed by atoms with Gasteiger partial charge in [0.25, 0.3) is 0 Å². The Hall–Kier alpha value is -0.850. The summed E-state index contributed by atoms with van der Waals surface area (Å²) in [6.45, 7) is 4.51. The first-order chi connectivity index (χ1) is 5.20. The number of nitrogens with two attached hydrogens (primary N) is 1. The van der Waals surface area contributed by atoms with Gasteiger partial charge in [0.15, 0.2) is 0 Å². The first kappa shape index (κ1) is 8.25. The summed E-state index contributed by atoms with van der Waals surface area (Å²) in [5.74, 6) is 0. The van der Waals surface area contributed by atoms with E-state index in [1.165, 1.54) is 16.9 Å². The predicted octanol–water partition coefficient (Wildman–Crippen LogP) is 1.70. The molecule has 1 rings (SSSR count). The van der Waals surface area contributed by atoms with Gasteiger partial charge in [0.05, 0.1) is 0 Å². The molecule has 2 N–H and O–H groups in total. The minimum Gasteiger partial charge on any atom is -0.326 e. The average Bonchev–Trinajstić information content (AvgIpc) is 2.30. The van der Waals surface area contributed by atoms with Crippen LogP contribution in [0.3, 0.4) is 0 Å². The fraction of sp³-hybridized carbons (Fsp3) is 0.375. The topological polar surface area (TPSA) is 49.8 Å². The van der Waals surface area contributed by atoms with Crippen LogP contribution in [0, 0.1) is 25.2 Å². The van der Waals surface area contributed by atoms with E-state index in [0.717, 1.165) is 15.3 Å². The first-order valence-electron chi connectivity index (χ1n) is 3.39. The summed E-state index contributed by atoms with van der Waals surface area (Å²) in [5.41, 5.74) is 7.75. The van der Waals surface area contributed by atoms with Crippen LogP contribution in [0.25, 0.3) is 0 Å². The molecule has 1 heterocycles. The molecule has 0 unspecified atom stereocenters. The molecule has 1 aromatic heterocycles. The Morgan fingerprint density at radius 1 is 1.45 bits per heavy atom. The summed E-state index contributed by atoms with van der Waals surface area (Å²) in [6, 6.07) is 2.15. The third-order valence-corrected chi connectivity index (χ3v) is 3.15. The molecule has 2 nitrogen and oxygen atoms in total. The largest absolute Gasteiger partial charge is 0.326 e. The van der Waals surface area contributed by atoms with E-state index < -0.39 is 0 Å². The van der Waals surface area contributed by atoms with E-state index in [-0.39, 0.29) is 0 Å². The van der Waals surface area contributed by atoms with E-state index in [1.807, 2.05) is 13.8 Å². The standard InChI is InChI=1S/C8H10N2S/c1-5-6(2)8(4-10)11-7(5)3-9/h3,9H2,1-2H3. The van der Waals surface area contributed by atoms with Crippen molar-refractivity contribution < 1.29 is 0 Å². The van der Waals surface area contributed by atoms with Crippen LogP contribution in [0.15, 0.2) is 0 Å². The molecule has 0 amide bonds. The fourth-order valence-corrected chi connectivity index (χ4v) is 1.94. The Kier molecular flexibility index (Phi) is 2.28. The molecule has 11 heavy (non-hydrogen) atoms. The van der Waals surface area contributed by atoms with Crippen molar-refractivity contribution in [1.82, 2.24) is 0 Å². The molecule has 1 aromatic rings. The van der Waals surface area contributed by atoms with Crippen molar-refractivity contribution in [2.24, 2.45) is 5.73 Å². The van der Waals surface area contributed by atoms with Crippen LogP contribution in [-0.2, 0) is 6.54 Å². The molecular formula is C8H10N2S. The Morgan fingerprint density at radius 3 is 2.36 bits per heavy atom. The molecule has 0 saturated carbocycles. The molecule has 0 aliphatic rings. The lowest BCUT2D eigenvalue weighted by Crippen LogP contribution is -1.94. The Morgan fingerprint density at radius 2 is 2.09 bits per heavy atom. The van der Waals surface area contributed by atoms with Crippen LogP contribution in [0.2, 0.25) is 0 Å². The molecule has 0 aromatic carbocycles. The van der Waals surface area contributed by atoms with Crippen LogP contribution in [-0.4, -0.2) is 0 Å². The van der Waals surface area contributed by atoms with Gasteiger partial charge in [-0.2, -0.15) is 5.26 Å².